The van der Waals surface area contributed by atoms with E-state index in [1.807, 2.05) is 0 Å². The number of aromatic nitrogens is 2. The van der Waals surface area contributed by atoms with Crippen molar-refractivity contribution in [2.75, 3.05) is 0 Å². The molecule has 20 heavy (non-hydrogen) atoms. The molecule has 102 valence electrons. The van der Waals surface area contributed by atoms with E-state index in [1.54, 1.807) is 0 Å². The van der Waals surface area contributed by atoms with E-state index in [0.717, 1.165) is 20.0 Å². The Morgan fingerprint density at radius 2 is 1.05 bits per heavy atom. The SMILES string of the molecule is Cc1cc2nnc3cc(C)c(Br)c(C)c3c2c(C)c1Br. The van der Waals surface area contributed by atoms with Crippen molar-refractivity contribution in [3.8, 4) is 0 Å². The molecule has 0 N–H and O–H groups in total. The highest BCUT2D eigenvalue weighted by atomic mass is 79.9. The summed E-state index contributed by atoms with van der Waals surface area (Å²) in [4.78, 5) is 0. The molecule has 0 bridgehead atoms. The van der Waals surface area contributed by atoms with E-state index in [9.17, 15) is 0 Å². The summed E-state index contributed by atoms with van der Waals surface area (Å²) in [6.45, 7) is 8.43. The van der Waals surface area contributed by atoms with Crippen LogP contribution in [0.25, 0.3) is 21.8 Å². The third-order valence-electron chi connectivity index (χ3n) is 3.84. The number of benzene rings is 2. The van der Waals surface area contributed by atoms with Crippen molar-refractivity contribution >= 4 is 53.7 Å². The Morgan fingerprint density at radius 1 is 0.700 bits per heavy atom. The lowest BCUT2D eigenvalue weighted by atomic mass is 9.98. The fourth-order valence-corrected chi connectivity index (χ4v) is 3.40. The zero-order valence-electron chi connectivity index (χ0n) is 11.8. The minimum Gasteiger partial charge on any atom is -0.150 e. The standard InChI is InChI=1S/C16H14Br2N2/c1-7-5-11-13(9(3)15(7)17)14-10(4)16(18)8(2)6-12(14)20-19-11/h5-6H,1-4H3. The Labute approximate surface area is 134 Å². The summed E-state index contributed by atoms with van der Waals surface area (Å²) < 4.78 is 2.30. The summed E-state index contributed by atoms with van der Waals surface area (Å²) >= 11 is 7.37. The molecule has 0 unspecified atom stereocenters. The lowest BCUT2D eigenvalue weighted by Crippen LogP contribution is -1.96. The first-order chi connectivity index (χ1) is 9.41. The maximum absolute atomic E-state index is 4.40. The molecule has 4 heteroatoms. The predicted molar refractivity (Wildman–Crippen MR) is 91.4 cm³/mol. The van der Waals surface area contributed by atoms with Crippen molar-refractivity contribution < 1.29 is 0 Å². The quantitative estimate of drug-likeness (QED) is 0.468. The molecule has 0 radical (unpaired) electrons. The second-order valence-corrected chi connectivity index (χ2v) is 6.84. The van der Waals surface area contributed by atoms with Crippen LogP contribution in [-0.4, -0.2) is 10.2 Å². The van der Waals surface area contributed by atoms with Gasteiger partial charge in [0.25, 0.3) is 0 Å². The monoisotopic (exact) mass is 392 g/mol. The number of aryl methyl sites for hydroxylation is 4. The van der Waals surface area contributed by atoms with Gasteiger partial charge < -0.3 is 0 Å². The van der Waals surface area contributed by atoms with Gasteiger partial charge in [0.15, 0.2) is 0 Å². The summed E-state index contributed by atoms with van der Waals surface area (Å²) in [5.74, 6) is 0. The second kappa shape index (κ2) is 4.78. The van der Waals surface area contributed by atoms with Gasteiger partial charge in [-0.1, -0.05) is 31.9 Å². The van der Waals surface area contributed by atoms with Crippen LogP contribution in [0.1, 0.15) is 22.3 Å². The van der Waals surface area contributed by atoms with Crippen molar-refractivity contribution in [1.29, 1.82) is 0 Å². The summed E-state index contributed by atoms with van der Waals surface area (Å²) in [5, 5.41) is 11.2. The van der Waals surface area contributed by atoms with Gasteiger partial charge in [-0.05, 0) is 62.1 Å². The average molecular weight is 394 g/mol. The van der Waals surface area contributed by atoms with Crippen LogP contribution in [0.2, 0.25) is 0 Å². The van der Waals surface area contributed by atoms with E-state index in [1.165, 1.54) is 33.0 Å². The van der Waals surface area contributed by atoms with Crippen molar-refractivity contribution in [2.45, 2.75) is 27.7 Å². The van der Waals surface area contributed by atoms with Crippen LogP contribution in [-0.2, 0) is 0 Å². The Bertz CT molecular complexity index is 797. The first kappa shape index (κ1) is 14.0. The van der Waals surface area contributed by atoms with Crippen molar-refractivity contribution in [3.05, 3.63) is 43.3 Å². The van der Waals surface area contributed by atoms with E-state index < -0.39 is 0 Å². The maximum Gasteiger partial charge on any atom is 0.0942 e. The van der Waals surface area contributed by atoms with Gasteiger partial charge in [-0.25, -0.2) is 0 Å². The molecule has 0 spiro atoms. The highest BCUT2D eigenvalue weighted by Gasteiger charge is 2.15. The molecule has 0 aliphatic rings. The first-order valence-electron chi connectivity index (χ1n) is 6.43. The van der Waals surface area contributed by atoms with Gasteiger partial charge in [-0.3, -0.25) is 0 Å². The molecule has 0 amide bonds. The fraction of sp³-hybridized carbons (Fsp3) is 0.250. The molecule has 0 fully saturated rings. The molecule has 2 nitrogen and oxygen atoms in total. The molecule has 2 aromatic carbocycles. The highest BCUT2D eigenvalue weighted by molar-refractivity contribution is 9.11. The zero-order valence-corrected chi connectivity index (χ0v) is 15.0. The fourth-order valence-electron chi connectivity index (χ4n) is 2.77. The molecule has 0 saturated heterocycles. The number of rotatable bonds is 0. The molecule has 1 aromatic heterocycles. The van der Waals surface area contributed by atoms with Crippen LogP contribution in [0.3, 0.4) is 0 Å². The molecule has 3 aromatic rings. The van der Waals surface area contributed by atoms with Gasteiger partial charge in [0.2, 0.25) is 0 Å². The van der Waals surface area contributed by atoms with E-state index in [4.69, 9.17) is 0 Å². The van der Waals surface area contributed by atoms with Gasteiger partial charge in [0.1, 0.15) is 0 Å². The Hall–Kier alpha value is -1.00. The average Bonchev–Trinajstić information content (AvgIpc) is 2.42. The molecule has 0 saturated carbocycles. The van der Waals surface area contributed by atoms with Crippen LogP contribution in [0.4, 0.5) is 0 Å². The van der Waals surface area contributed by atoms with Gasteiger partial charge >= 0.3 is 0 Å². The van der Waals surface area contributed by atoms with Crippen molar-refractivity contribution in [1.82, 2.24) is 10.2 Å². The van der Waals surface area contributed by atoms with Crippen LogP contribution < -0.4 is 0 Å². The van der Waals surface area contributed by atoms with Crippen LogP contribution in [0.5, 0.6) is 0 Å². The van der Waals surface area contributed by atoms with Crippen molar-refractivity contribution in [2.24, 2.45) is 0 Å². The molecule has 0 aliphatic carbocycles. The van der Waals surface area contributed by atoms with Gasteiger partial charge in [-0.15, -0.1) is 10.2 Å². The number of halogens is 2. The van der Waals surface area contributed by atoms with E-state index in [0.29, 0.717) is 0 Å². The summed E-state index contributed by atoms with van der Waals surface area (Å²) in [7, 11) is 0. The molecule has 0 atom stereocenters. The smallest absolute Gasteiger partial charge is 0.0942 e. The van der Waals surface area contributed by atoms with Gasteiger partial charge in [0, 0.05) is 19.7 Å². The van der Waals surface area contributed by atoms with E-state index in [2.05, 4.69) is 81.9 Å². The molecular formula is C16H14Br2N2. The normalized spacial score (nSPS) is 11.5. The highest BCUT2D eigenvalue weighted by Crippen LogP contribution is 2.36. The lowest BCUT2D eigenvalue weighted by Gasteiger charge is -2.13. The number of fused-ring (bicyclic) bond motifs is 3. The van der Waals surface area contributed by atoms with Crippen LogP contribution in [0, 0.1) is 27.7 Å². The van der Waals surface area contributed by atoms with E-state index >= 15 is 0 Å². The lowest BCUT2D eigenvalue weighted by molar-refractivity contribution is 1.11. The molecular weight excluding hydrogens is 380 g/mol. The summed E-state index contributed by atoms with van der Waals surface area (Å²) in [5.41, 5.74) is 6.72. The largest absolute Gasteiger partial charge is 0.150 e. The van der Waals surface area contributed by atoms with Crippen LogP contribution in [0.15, 0.2) is 21.1 Å². The zero-order chi connectivity index (χ0) is 14.6. The third kappa shape index (κ3) is 1.89. The minimum atomic E-state index is 0.953. The number of hydrogen-bond acceptors (Lipinski definition) is 2. The van der Waals surface area contributed by atoms with Crippen LogP contribution >= 0.6 is 31.9 Å². The topological polar surface area (TPSA) is 25.8 Å². The molecule has 0 aliphatic heterocycles. The minimum absolute atomic E-state index is 0.953. The maximum atomic E-state index is 4.40. The van der Waals surface area contributed by atoms with Crippen molar-refractivity contribution in [3.63, 3.8) is 0 Å². The molecule has 3 rings (SSSR count). The first-order valence-corrected chi connectivity index (χ1v) is 8.02. The van der Waals surface area contributed by atoms with Gasteiger partial charge in [0.05, 0.1) is 11.0 Å². The summed E-state index contributed by atoms with van der Waals surface area (Å²) in [6.07, 6.45) is 0. The van der Waals surface area contributed by atoms with E-state index in [-0.39, 0.29) is 0 Å². The Balaban J connectivity index is 2.66. The molecule has 1 heterocycles. The predicted octanol–water partition coefficient (Wildman–Crippen LogP) is 5.54. The summed E-state index contributed by atoms with van der Waals surface area (Å²) in [6, 6.07) is 4.18. The number of hydrogen-bond donors (Lipinski definition) is 0. The Morgan fingerprint density at radius 3 is 1.40 bits per heavy atom. The third-order valence-corrected chi connectivity index (χ3v) is 6.28. The number of nitrogens with zero attached hydrogens (tertiary/aromatic N) is 2. The Kier molecular flexibility index (Phi) is 3.33. The second-order valence-electron chi connectivity index (χ2n) is 5.25. The van der Waals surface area contributed by atoms with Gasteiger partial charge in [-0.2, -0.15) is 0 Å².